The zero-order chi connectivity index (χ0) is 19.6. The average Bonchev–Trinajstić information content (AvgIpc) is 2.64. The molecule has 2 aliphatic rings. The van der Waals surface area contributed by atoms with Crippen LogP contribution in [-0.4, -0.2) is 56.5 Å². The summed E-state index contributed by atoms with van der Waals surface area (Å²) in [5, 5.41) is 14.2. The number of β-lactam (4-membered cyclic amide) rings is 1. The van der Waals surface area contributed by atoms with E-state index in [0.29, 0.717) is 22.7 Å². The Labute approximate surface area is 193 Å². The number of ether oxygens (including phenoxy) is 1. The van der Waals surface area contributed by atoms with Gasteiger partial charge in [-0.2, -0.15) is 0 Å². The third kappa shape index (κ3) is 4.93. The number of esters is 1. The molecule has 11 heteroatoms. The summed E-state index contributed by atoms with van der Waals surface area (Å²) in [6.45, 7) is 1.05. The van der Waals surface area contributed by atoms with Crippen molar-refractivity contribution in [2.24, 2.45) is 0 Å². The number of carbonyl (C=O) groups is 3. The molecule has 0 saturated carbocycles. The number of rotatable bonds is 6. The topological polar surface area (TPSA) is 112 Å². The van der Waals surface area contributed by atoms with Crippen molar-refractivity contribution < 1.29 is 53.8 Å². The molecule has 1 aromatic heterocycles. The maximum Gasteiger partial charge on any atom is 1.00 e. The van der Waals surface area contributed by atoms with E-state index in [1.54, 1.807) is 12.4 Å². The van der Waals surface area contributed by atoms with Crippen LogP contribution < -0.4 is 40.0 Å². The number of amides is 1. The smallest absolute Gasteiger partial charge is 0.543 e. The molecule has 2 atom stereocenters. The van der Waals surface area contributed by atoms with Crippen LogP contribution in [0.4, 0.5) is 0 Å². The fourth-order valence-electron chi connectivity index (χ4n) is 2.88. The number of carboxylic acids is 1. The van der Waals surface area contributed by atoms with Crippen LogP contribution >= 0.6 is 24.0 Å². The minimum Gasteiger partial charge on any atom is -0.543 e. The third-order valence-electron chi connectivity index (χ3n) is 4.12. The van der Waals surface area contributed by atoms with Gasteiger partial charge in [0.25, 0.3) is 5.91 Å². The van der Waals surface area contributed by atoms with E-state index >= 15 is 0 Å². The van der Waals surface area contributed by atoms with Crippen LogP contribution in [0.25, 0.3) is 0 Å². The number of carbonyl (C=O) groups excluding carboxylic acids is 3. The fraction of sp³-hybridized carbons (Fsp3) is 0.353. The van der Waals surface area contributed by atoms with Crippen LogP contribution in [0.2, 0.25) is 0 Å². The Kier molecular flexibility index (Phi) is 8.02. The molecule has 1 N–H and O–H groups in total. The number of thiocarbonyl (C=S) groups is 1. The van der Waals surface area contributed by atoms with E-state index in [4.69, 9.17) is 17.0 Å². The normalized spacial score (nSPS) is 20.5. The van der Waals surface area contributed by atoms with Crippen molar-refractivity contribution in [1.29, 1.82) is 0 Å². The van der Waals surface area contributed by atoms with Gasteiger partial charge in [-0.3, -0.25) is 19.5 Å². The first-order valence-electron chi connectivity index (χ1n) is 8.08. The van der Waals surface area contributed by atoms with E-state index in [1.165, 1.54) is 23.6 Å². The first-order chi connectivity index (χ1) is 12.9. The molecule has 1 fully saturated rings. The van der Waals surface area contributed by atoms with Crippen LogP contribution in [0.15, 0.2) is 35.8 Å². The minimum absolute atomic E-state index is 0. The van der Waals surface area contributed by atoms with Crippen LogP contribution in [0.3, 0.4) is 0 Å². The molecule has 1 aromatic rings. The van der Waals surface area contributed by atoms with E-state index in [0.717, 1.165) is 5.56 Å². The minimum atomic E-state index is -1.46. The van der Waals surface area contributed by atoms with Crippen LogP contribution in [0.1, 0.15) is 12.5 Å². The molecule has 2 aliphatic heterocycles. The molecule has 1 amide bonds. The maximum atomic E-state index is 12.5. The second kappa shape index (κ2) is 9.84. The van der Waals surface area contributed by atoms with Gasteiger partial charge in [0.1, 0.15) is 18.0 Å². The van der Waals surface area contributed by atoms with E-state index in [9.17, 15) is 19.5 Å². The van der Waals surface area contributed by atoms with Gasteiger partial charge in [0.15, 0.2) is 0 Å². The molecule has 0 bridgehead atoms. The number of thioether (sulfide) groups is 1. The standard InChI is InChI=1S/C17H17N3O5S2.Na/c1-9(21)25-7-11-8-27-16-13(15(22)20(16)14(11)17(23)24)19-12(26)6-10-2-4-18-5-3-10;/h2-5,13,16H,6-8H2,1H3,(H,19,26)(H,23,24);/q;+1/p-1/t13-,16-;/m1./s1. The van der Waals surface area contributed by atoms with E-state index in [2.05, 4.69) is 10.3 Å². The molecule has 0 radical (unpaired) electrons. The van der Waals surface area contributed by atoms with Crippen molar-refractivity contribution in [3.8, 4) is 0 Å². The monoisotopic (exact) mass is 429 g/mol. The van der Waals surface area contributed by atoms with Gasteiger partial charge >= 0.3 is 35.5 Å². The van der Waals surface area contributed by atoms with Crippen LogP contribution in [0, 0.1) is 0 Å². The molecule has 0 aliphatic carbocycles. The first kappa shape index (κ1) is 22.8. The Morgan fingerprint density at radius 2 is 2.11 bits per heavy atom. The number of hydrogen-bond donors (Lipinski definition) is 1. The van der Waals surface area contributed by atoms with Crippen molar-refractivity contribution >= 4 is 46.8 Å². The number of pyridine rings is 1. The summed E-state index contributed by atoms with van der Waals surface area (Å²) in [6.07, 6.45) is 3.78. The van der Waals surface area contributed by atoms with Crippen molar-refractivity contribution in [2.75, 3.05) is 12.4 Å². The molecule has 1 saturated heterocycles. The molecule has 3 rings (SSSR count). The molecule has 0 aromatic carbocycles. The van der Waals surface area contributed by atoms with Crippen LogP contribution in [-0.2, 0) is 25.5 Å². The van der Waals surface area contributed by atoms with Gasteiger partial charge in [0.05, 0.1) is 16.7 Å². The Morgan fingerprint density at radius 3 is 2.71 bits per heavy atom. The number of aliphatic carboxylic acids is 1. The largest absolute Gasteiger partial charge is 1.00 e. The molecule has 3 heterocycles. The summed E-state index contributed by atoms with van der Waals surface area (Å²) in [7, 11) is 0. The Balaban J connectivity index is 0.00000280. The molecule has 28 heavy (non-hydrogen) atoms. The zero-order valence-electron chi connectivity index (χ0n) is 15.3. The summed E-state index contributed by atoms with van der Waals surface area (Å²) < 4.78 is 4.88. The Hall–Kier alpha value is -1.46. The van der Waals surface area contributed by atoms with Crippen molar-refractivity contribution in [2.45, 2.75) is 24.8 Å². The quantitative estimate of drug-likeness (QED) is 0.212. The van der Waals surface area contributed by atoms with Crippen LogP contribution in [0.5, 0.6) is 0 Å². The van der Waals surface area contributed by atoms with Gasteiger partial charge in [-0.05, 0) is 17.7 Å². The van der Waals surface area contributed by atoms with Crippen molar-refractivity contribution in [3.05, 3.63) is 41.4 Å². The summed E-state index contributed by atoms with van der Waals surface area (Å²) in [5.41, 5.74) is 1.09. The summed E-state index contributed by atoms with van der Waals surface area (Å²) in [4.78, 5) is 40.7. The predicted molar refractivity (Wildman–Crippen MR) is 99.2 cm³/mol. The second-order valence-corrected chi connectivity index (χ2v) is 7.60. The molecule has 0 unspecified atom stereocenters. The number of fused-ring (bicyclic) bond motifs is 1. The van der Waals surface area contributed by atoms with Crippen molar-refractivity contribution in [3.63, 3.8) is 0 Å². The number of hydrogen-bond acceptors (Lipinski definition) is 8. The zero-order valence-corrected chi connectivity index (χ0v) is 19.0. The third-order valence-corrected chi connectivity index (χ3v) is 5.72. The fourth-order valence-corrected chi connectivity index (χ4v) is 4.50. The second-order valence-electron chi connectivity index (χ2n) is 6.01. The Morgan fingerprint density at radius 1 is 1.43 bits per heavy atom. The predicted octanol–water partition coefficient (Wildman–Crippen LogP) is -3.60. The van der Waals surface area contributed by atoms with Crippen molar-refractivity contribution in [1.82, 2.24) is 15.2 Å². The van der Waals surface area contributed by atoms with Gasteiger partial charge in [0.2, 0.25) is 0 Å². The van der Waals surface area contributed by atoms with E-state index in [1.807, 2.05) is 12.1 Å². The van der Waals surface area contributed by atoms with Gasteiger partial charge < -0.3 is 20.0 Å². The van der Waals surface area contributed by atoms with Gasteiger partial charge in [-0.15, -0.1) is 11.8 Å². The van der Waals surface area contributed by atoms with E-state index in [-0.39, 0.29) is 41.9 Å². The first-order valence-corrected chi connectivity index (χ1v) is 9.54. The Bertz CT molecular complexity index is 833. The van der Waals surface area contributed by atoms with Gasteiger partial charge in [-0.1, -0.05) is 12.2 Å². The number of nitrogens with one attached hydrogen (secondary N) is 1. The SMILES string of the molecule is CC(=O)OCC1=C(C(=O)[O-])N2C(=O)[C@@H](NC(=S)Cc3ccncc3)[C@H]2SC1.[Na+]. The van der Waals surface area contributed by atoms with Gasteiger partial charge in [-0.25, -0.2) is 0 Å². The van der Waals surface area contributed by atoms with E-state index < -0.39 is 29.3 Å². The summed E-state index contributed by atoms with van der Waals surface area (Å²) in [5.74, 6) is -2.07. The number of aromatic nitrogens is 1. The summed E-state index contributed by atoms with van der Waals surface area (Å²) >= 11 is 6.71. The maximum absolute atomic E-state index is 12.5. The average molecular weight is 429 g/mol. The molecule has 0 spiro atoms. The number of carboxylic acid groups (broad SMARTS) is 1. The molecular weight excluding hydrogens is 413 g/mol. The number of nitrogens with zero attached hydrogens (tertiary/aromatic N) is 2. The molecule has 142 valence electrons. The van der Waals surface area contributed by atoms with Gasteiger partial charge in [0, 0.05) is 37.1 Å². The molecular formula is C17H16N3NaO5S2. The molecule has 8 nitrogen and oxygen atoms in total. The summed E-state index contributed by atoms with van der Waals surface area (Å²) in [6, 6.07) is 3.06.